The van der Waals surface area contributed by atoms with Crippen molar-refractivity contribution in [3.63, 3.8) is 0 Å². The monoisotopic (exact) mass is 259 g/mol. The summed E-state index contributed by atoms with van der Waals surface area (Å²) in [6.07, 6.45) is 2.18. The first kappa shape index (κ1) is 12.2. The lowest BCUT2D eigenvalue weighted by Gasteiger charge is -2.05. The molecule has 1 fully saturated rings. The Kier molecular flexibility index (Phi) is 2.98. The third kappa shape index (κ3) is 2.21. The molecule has 0 unspecified atom stereocenters. The topological polar surface area (TPSA) is 71.2 Å². The van der Waals surface area contributed by atoms with Gasteiger partial charge in [0.2, 0.25) is 11.7 Å². The molecule has 0 bridgehead atoms. The van der Waals surface area contributed by atoms with Crippen molar-refractivity contribution < 1.29 is 9.63 Å². The van der Waals surface area contributed by atoms with E-state index in [-0.39, 0.29) is 6.04 Å². The number of aromatic hydroxyl groups is 1. The number of aromatic nitrogens is 2. The summed E-state index contributed by atoms with van der Waals surface area (Å²) < 4.78 is 5.33. The number of aryl methyl sites for hydroxylation is 2. The molecule has 1 atom stereocenters. The van der Waals surface area contributed by atoms with Gasteiger partial charge in [0.05, 0.1) is 6.04 Å². The zero-order valence-electron chi connectivity index (χ0n) is 11.1. The van der Waals surface area contributed by atoms with Crippen LogP contribution in [0.2, 0.25) is 0 Å². The van der Waals surface area contributed by atoms with Gasteiger partial charge < -0.3 is 14.9 Å². The van der Waals surface area contributed by atoms with E-state index in [1.807, 2.05) is 26.0 Å². The molecule has 2 N–H and O–H groups in total. The molecule has 5 heteroatoms. The largest absolute Gasteiger partial charge is 0.507 e. The number of phenols is 1. The van der Waals surface area contributed by atoms with Gasteiger partial charge in [-0.05, 0) is 56.5 Å². The molecule has 100 valence electrons. The molecule has 3 rings (SSSR count). The lowest BCUT2D eigenvalue weighted by atomic mass is 10.1. The molecule has 1 aromatic heterocycles. The van der Waals surface area contributed by atoms with Crippen LogP contribution in [0.5, 0.6) is 5.75 Å². The number of hydrogen-bond acceptors (Lipinski definition) is 5. The first-order chi connectivity index (χ1) is 9.15. The fourth-order valence-electron chi connectivity index (χ4n) is 2.47. The number of nitrogens with one attached hydrogen (secondary N) is 1. The number of benzene rings is 1. The van der Waals surface area contributed by atoms with Crippen LogP contribution in [0.15, 0.2) is 16.7 Å². The van der Waals surface area contributed by atoms with E-state index >= 15 is 0 Å². The van der Waals surface area contributed by atoms with Crippen molar-refractivity contribution in [2.24, 2.45) is 0 Å². The Balaban J connectivity index is 1.94. The van der Waals surface area contributed by atoms with Crippen LogP contribution in [0.3, 0.4) is 0 Å². The molecule has 2 aromatic rings. The van der Waals surface area contributed by atoms with Crippen LogP contribution in [0.25, 0.3) is 11.4 Å². The molecule has 1 aromatic carbocycles. The second kappa shape index (κ2) is 4.66. The number of rotatable bonds is 2. The molecular formula is C14H17N3O2. The Morgan fingerprint density at radius 3 is 2.68 bits per heavy atom. The van der Waals surface area contributed by atoms with E-state index in [1.54, 1.807) is 0 Å². The summed E-state index contributed by atoms with van der Waals surface area (Å²) in [5, 5.41) is 17.1. The first-order valence-corrected chi connectivity index (χ1v) is 6.52. The van der Waals surface area contributed by atoms with Crippen LogP contribution < -0.4 is 5.32 Å². The van der Waals surface area contributed by atoms with E-state index in [2.05, 4.69) is 15.5 Å². The molecule has 0 amide bonds. The van der Waals surface area contributed by atoms with Gasteiger partial charge in [-0.2, -0.15) is 4.98 Å². The Hall–Kier alpha value is -1.88. The lowest BCUT2D eigenvalue weighted by molar-refractivity contribution is 0.345. The normalized spacial score (nSPS) is 18.9. The summed E-state index contributed by atoms with van der Waals surface area (Å²) in [4.78, 5) is 4.45. The molecular weight excluding hydrogens is 242 g/mol. The van der Waals surface area contributed by atoms with Gasteiger partial charge in [0, 0.05) is 5.56 Å². The van der Waals surface area contributed by atoms with Crippen LogP contribution in [-0.2, 0) is 0 Å². The number of phenolic OH excluding ortho intramolecular Hbond substituents is 1. The Bertz CT molecular complexity index is 577. The summed E-state index contributed by atoms with van der Waals surface area (Å²) in [6.45, 7) is 4.73. The van der Waals surface area contributed by atoms with E-state index in [1.165, 1.54) is 0 Å². The van der Waals surface area contributed by atoms with Gasteiger partial charge in [0.1, 0.15) is 5.75 Å². The Morgan fingerprint density at radius 1 is 1.32 bits per heavy atom. The van der Waals surface area contributed by atoms with Crippen LogP contribution >= 0.6 is 0 Å². The minimum Gasteiger partial charge on any atom is -0.507 e. The molecule has 2 heterocycles. The van der Waals surface area contributed by atoms with Crippen molar-refractivity contribution >= 4 is 0 Å². The molecule has 0 radical (unpaired) electrons. The molecule has 0 aliphatic carbocycles. The van der Waals surface area contributed by atoms with E-state index in [0.717, 1.165) is 36.1 Å². The highest BCUT2D eigenvalue weighted by Crippen LogP contribution is 2.29. The Labute approximate surface area is 111 Å². The van der Waals surface area contributed by atoms with E-state index in [9.17, 15) is 5.11 Å². The van der Waals surface area contributed by atoms with Crippen LogP contribution in [0.4, 0.5) is 0 Å². The van der Waals surface area contributed by atoms with Crippen LogP contribution in [0.1, 0.15) is 35.9 Å². The minimum absolute atomic E-state index is 0.181. The number of nitrogens with zero attached hydrogens (tertiary/aromatic N) is 2. The van der Waals surface area contributed by atoms with Gasteiger partial charge in [-0.25, -0.2) is 0 Å². The van der Waals surface area contributed by atoms with Gasteiger partial charge >= 0.3 is 0 Å². The molecule has 1 aliphatic rings. The van der Waals surface area contributed by atoms with Crippen molar-refractivity contribution in [3.05, 3.63) is 29.2 Å². The molecule has 19 heavy (non-hydrogen) atoms. The van der Waals surface area contributed by atoms with Gasteiger partial charge in [0.25, 0.3) is 0 Å². The SMILES string of the molecule is Cc1cc(-c2noc([C@H]3CCCN3)n2)cc(C)c1O. The fraction of sp³-hybridized carbons (Fsp3) is 0.429. The first-order valence-electron chi connectivity index (χ1n) is 6.52. The highest BCUT2D eigenvalue weighted by molar-refractivity contribution is 5.60. The van der Waals surface area contributed by atoms with Crippen molar-refractivity contribution in [2.75, 3.05) is 6.54 Å². The van der Waals surface area contributed by atoms with Crippen molar-refractivity contribution in [3.8, 4) is 17.1 Å². The van der Waals surface area contributed by atoms with Gasteiger partial charge in [-0.1, -0.05) is 5.16 Å². The molecule has 0 saturated carbocycles. The van der Waals surface area contributed by atoms with E-state index < -0.39 is 0 Å². The summed E-state index contributed by atoms with van der Waals surface area (Å²) in [6, 6.07) is 3.93. The van der Waals surface area contributed by atoms with Gasteiger partial charge in [-0.15, -0.1) is 0 Å². The second-order valence-electron chi connectivity index (χ2n) is 5.06. The summed E-state index contributed by atoms with van der Waals surface area (Å²) in [5.41, 5.74) is 2.52. The molecule has 1 saturated heterocycles. The minimum atomic E-state index is 0.181. The Morgan fingerprint density at radius 2 is 2.05 bits per heavy atom. The van der Waals surface area contributed by atoms with Crippen molar-refractivity contribution in [1.82, 2.24) is 15.5 Å². The standard InChI is InChI=1S/C14H17N3O2/c1-8-6-10(7-9(2)12(8)18)13-16-14(19-17-13)11-4-3-5-15-11/h6-7,11,15,18H,3-5H2,1-2H3/t11-/m1/s1. The summed E-state index contributed by atoms with van der Waals surface area (Å²) >= 11 is 0. The average molecular weight is 259 g/mol. The second-order valence-corrected chi connectivity index (χ2v) is 5.06. The maximum absolute atomic E-state index is 9.78. The molecule has 1 aliphatic heterocycles. The average Bonchev–Trinajstić information content (AvgIpc) is 3.05. The van der Waals surface area contributed by atoms with Crippen LogP contribution in [-0.4, -0.2) is 21.8 Å². The van der Waals surface area contributed by atoms with Crippen molar-refractivity contribution in [1.29, 1.82) is 0 Å². The maximum Gasteiger partial charge on any atom is 0.244 e. The summed E-state index contributed by atoms with van der Waals surface area (Å²) in [5.74, 6) is 1.55. The zero-order chi connectivity index (χ0) is 13.4. The van der Waals surface area contributed by atoms with E-state index in [4.69, 9.17) is 4.52 Å². The zero-order valence-corrected chi connectivity index (χ0v) is 11.1. The summed E-state index contributed by atoms with van der Waals surface area (Å²) in [7, 11) is 0. The quantitative estimate of drug-likeness (QED) is 0.867. The predicted octanol–water partition coefficient (Wildman–Crippen LogP) is 2.48. The highest BCUT2D eigenvalue weighted by Gasteiger charge is 2.22. The van der Waals surface area contributed by atoms with Gasteiger partial charge in [-0.3, -0.25) is 0 Å². The van der Waals surface area contributed by atoms with Crippen LogP contribution in [0, 0.1) is 13.8 Å². The number of hydrogen-bond donors (Lipinski definition) is 2. The smallest absolute Gasteiger partial charge is 0.244 e. The van der Waals surface area contributed by atoms with E-state index in [0.29, 0.717) is 17.5 Å². The molecule has 0 spiro atoms. The maximum atomic E-state index is 9.78. The third-order valence-corrected chi connectivity index (χ3v) is 3.55. The van der Waals surface area contributed by atoms with Gasteiger partial charge in [0.15, 0.2) is 0 Å². The molecule has 5 nitrogen and oxygen atoms in total. The lowest BCUT2D eigenvalue weighted by Crippen LogP contribution is -2.12. The third-order valence-electron chi connectivity index (χ3n) is 3.55. The highest BCUT2D eigenvalue weighted by atomic mass is 16.5. The predicted molar refractivity (Wildman–Crippen MR) is 70.9 cm³/mol. The fourth-order valence-corrected chi connectivity index (χ4v) is 2.47. The van der Waals surface area contributed by atoms with Crippen molar-refractivity contribution in [2.45, 2.75) is 32.7 Å².